The summed E-state index contributed by atoms with van der Waals surface area (Å²) in [6, 6.07) is 14.4. The van der Waals surface area contributed by atoms with Gasteiger partial charge in [0.2, 0.25) is 0 Å². The standard InChI is InChI=1S/C26H33N5O/c1-17-9-10-23(31-13-11-30(5)12-14-31)16-24(17)26(32)27-18(2)21-7-6-8-22(15-21)25-19(3)28-29-20(25)4/h6-10,15-16,18H,11-14H2,1-5H3,(H,27,32)(H,28,29)/t18-/m1/s1. The van der Waals surface area contributed by atoms with E-state index in [2.05, 4.69) is 62.7 Å². The molecule has 2 heterocycles. The predicted octanol–water partition coefficient (Wildman–Crippen LogP) is 4.24. The Morgan fingerprint density at radius 3 is 2.50 bits per heavy atom. The van der Waals surface area contributed by atoms with Crippen molar-refractivity contribution < 1.29 is 4.79 Å². The van der Waals surface area contributed by atoms with Crippen LogP contribution in [0, 0.1) is 20.8 Å². The van der Waals surface area contributed by atoms with Gasteiger partial charge in [-0.25, -0.2) is 0 Å². The number of rotatable bonds is 5. The Morgan fingerprint density at radius 1 is 1.06 bits per heavy atom. The van der Waals surface area contributed by atoms with Crippen LogP contribution in [0.5, 0.6) is 0 Å². The fourth-order valence-electron chi connectivity index (χ4n) is 4.41. The van der Waals surface area contributed by atoms with E-state index in [0.717, 1.165) is 71.1 Å². The van der Waals surface area contributed by atoms with Crippen LogP contribution < -0.4 is 10.2 Å². The Balaban J connectivity index is 1.52. The van der Waals surface area contributed by atoms with Crippen LogP contribution in [0.3, 0.4) is 0 Å². The molecular formula is C26H33N5O. The van der Waals surface area contributed by atoms with Gasteiger partial charge in [0.1, 0.15) is 0 Å². The summed E-state index contributed by atoms with van der Waals surface area (Å²) in [6.07, 6.45) is 0. The van der Waals surface area contributed by atoms with Crippen molar-refractivity contribution in [2.75, 3.05) is 38.1 Å². The molecule has 4 rings (SSSR count). The second kappa shape index (κ2) is 9.17. The first-order chi connectivity index (χ1) is 15.3. The lowest BCUT2D eigenvalue weighted by atomic mass is 9.98. The summed E-state index contributed by atoms with van der Waals surface area (Å²) in [7, 11) is 2.15. The molecule has 1 amide bonds. The zero-order valence-electron chi connectivity index (χ0n) is 19.7. The average Bonchev–Trinajstić information content (AvgIpc) is 3.12. The fourth-order valence-corrected chi connectivity index (χ4v) is 4.41. The number of anilines is 1. The lowest BCUT2D eigenvalue weighted by molar-refractivity contribution is 0.0939. The second-order valence-corrected chi connectivity index (χ2v) is 8.92. The lowest BCUT2D eigenvalue weighted by Gasteiger charge is -2.34. The van der Waals surface area contributed by atoms with Crippen molar-refractivity contribution in [1.82, 2.24) is 20.4 Å². The molecule has 32 heavy (non-hydrogen) atoms. The number of nitrogens with zero attached hydrogens (tertiary/aromatic N) is 3. The first kappa shape index (κ1) is 22.1. The normalized spacial score (nSPS) is 15.6. The van der Waals surface area contributed by atoms with Crippen LogP contribution in [0.2, 0.25) is 0 Å². The molecule has 1 aliphatic rings. The number of carbonyl (C=O) groups excluding carboxylic acids is 1. The number of likely N-dealkylation sites (N-methyl/N-ethyl adjacent to an activating group) is 1. The van der Waals surface area contributed by atoms with Crippen LogP contribution in [0.25, 0.3) is 11.1 Å². The van der Waals surface area contributed by atoms with E-state index >= 15 is 0 Å². The van der Waals surface area contributed by atoms with Gasteiger partial charge >= 0.3 is 0 Å². The molecule has 0 spiro atoms. The van der Waals surface area contributed by atoms with Crippen molar-refractivity contribution in [3.63, 3.8) is 0 Å². The molecule has 2 N–H and O–H groups in total. The van der Waals surface area contributed by atoms with Gasteiger partial charge in [0, 0.05) is 48.7 Å². The summed E-state index contributed by atoms with van der Waals surface area (Å²) in [5.41, 5.74) is 8.19. The maximum atomic E-state index is 13.2. The van der Waals surface area contributed by atoms with E-state index in [0.29, 0.717) is 0 Å². The van der Waals surface area contributed by atoms with Gasteiger partial charge in [0.15, 0.2) is 0 Å². The number of amides is 1. The fraction of sp³-hybridized carbons (Fsp3) is 0.385. The number of hydrogen-bond donors (Lipinski definition) is 2. The van der Waals surface area contributed by atoms with Gasteiger partial charge < -0.3 is 15.1 Å². The van der Waals surface area contributed by atoms with Crippen LogP contribution in [0.15, 0.2) is 42.5 Å². The van der Waals surface area contributed by atoms with E-state index in [4.69, 9.17) is 0 Å². The molecule has 0 unspecified atom stereocenters. The predicted molar refractivity (Wildman–Crippen MR) is 130 cm³/mol. The van der Waals surface area contributed by atoms with Crippen LogP contribution >= 0.6 is 0 Å². The summed E-state index contributed by atoms with van der Waals surface area (Å²) < 4.78 is 0. The van der Waals surface area contributed by atoms with Crippen LogP contribution in [0.4, 0.5) is 5.69 Å². The molecule has 6 nitrogen and oxygen atoms in total. The van der Waals surface area contributed by atoms with E-state index in [-0.39, 0.29) is 11.9 Å². The van der Waals surface area contributed by atoms with E-state index in [1.54, 1.807) is 0 Å². The molecule has 2 aromatic carbocycles. The summed E-state index contributed by atoms with van der Waals surface area (Å²) in [5.74, 6) is -0.0351. The highest BCUT2D eigenvalue weighted by atomic mass is 16.1. The van der Waals surface area contributed by atoms with E-state index in [1.165, 1.54) is 0 Å². The third-order valence-corrected chi connectivity index (χ3v) is 6.49. The minimum atomic E-state index is -0.110. The number of H-pyrrole nitrogens is 1. The molecule has 168 valence electrons. The summed E-state index contributed by atoms with van der Waals surface area (Å²) >= 11 is 0. The minimum absolute atomic E-state index is 0.0351. The van der Waals surface area contributed by atoms with Crippen LogP contribution in [0.1, 0.15) is 45.8 Å². The molecule has 1 aromatic heterocycles. The highest BCUT2D eigenvalue weighted by Gasteiger charge is 2.19. The Morgan fingerprint density at radius 2 is 1.81 bits per heavy atom. The van der Waals surface area contributed by atoms with Crippen molar-refractivity contribution in [1.29, 1.82) is 0 Å². The number of nitrogens with one attached hydrogen (secondary N) is 2. The Kier molecular flexibility index (Phi) is 6.33. The first-order valence-corrected chi connectivity index (χ1v) is 11.3. The van der Waals surface area contributed by atoms with Gasteiger partial charge in [-0.15, -0.1) is 0 Å². The molecule has 1 fully saturated rings. The second-order valence-electron chi connectivity index (χ2n) is 8.92. The minimum Gasteiger partial charge on any atom is -0.369 e. The van der Waals surface area contributed by atoms with Gasteiger partial charge in [-0.3, -0.25) is 9.89 Å². The zero-order chi connectivity index (χ0) is 22.8. The highest BCUT2D eigenvalue weighted by Crippen LogP contribution is 2.28. The number of carbonyl (C=O) groups is 1. The van der Waals surface area contributed by atoms with Crippen molar-refractivity contribution in [2.45, 2.75) is 33.7 Å². The summed E-state index contributed by atoms with van der Waals surface area (Å²) in [4.78, 5) is 17.9. The molecule has 0 aliphatic carbocycles. The molecule has 0 bridgehead atoms. The van der Waals surface area contributed by atoms with Crippen molar-refractivity contribution in [3.05, 3.63) is 70.5 Å². The molecule has 0 radical (unpaired) electrons. The van der Waals surface area contributed by atoms with Crippen molar-refractivity contribution in [3.8, 4) is 11.1 Å². The molecule has 0 saturated carbocycles. The monoisotopic (exact) mass is 431 g/mol. The maximum Gasteiger partial charge on any atom is 0.252 e. The van der Waals surface area contributed by atoms with E-state index in [9.17, 15) is 4.79 Å². The maximum absolute atomic E-state index is 13.2. The molecular weight excluding hydrogens is 398 g/mol. The molecule has 6 heteroatoms. The highest BCUT2D eigenvalue weighted by molar-refractivity contribution is 5.97. The van der Waals surface area contributed by atoms with E-state index < -0.39 is 0 Å². The number of benzene rings is 2. The van der Waals surface area contributed by atoms with Crippen LogP contribution in [-0.4, -0.2) is 54.2 Å². The molecule has 3 aromatic rings. The lowest BCUT2D eigenvalue weighted by Crippen LogP contribution is -2.44. The Labute approximate surface area is 190 Å². The number of aromatic amines is 1. The summed E-state index contributed by atoms with van der Waals surface area (Å²) in [6.45, 7) is 12.1. The SMILES string of the molecule is Cc1ccc(N2CCN(C)CC2)cc1C(=O)N[C@H](C)c1cccc(-c2c(C)n[nH]c2C)c1. The van der Waals surface area contributed by atoms with Gasteiger partial charge in [-0.05, 0) is 69.6 Å². The van der Waals surface area contributed by atoms with Gasteiger partial charge in [0.25, 0.3) is 5.91 Å². The third-order valence-electron chi connectivity index (χ3n) is 6.49. The number of hydrogen-bond acceptors (Lipinski definition) is 4. The molecule has 1 saturated heterocycles. The van der Waals surface area contributed by atoms with Gasteiger partial charge in [-0.2, -0.15) is 5.10 Å². The molecule has 1 aliphatic heterocycles. The largest absolute Gasteiger partial charge is 0.369 e. The van der Waals surface area contributed by atoms with E-state index in [1.807, 2.05) is 39.8 Å². The third kappa shape index (κ3) is 4.55. The number of piperazine rings is 1. The van der Waals surface area contributed by atoms with Crippen molar-refractivity contribution >= 4 is 11.6 Å². The smallest absolute Gasteiger partial charge is 0.252 e. The van der Waals surface area contributed by atoms with Crippen LogP contribution in [-0.2, 0) is 0 Å². The molecule has 1 atom stereocenters. The first-order valence-electron chi connectivity index (χ1n) is 11.3. The number of aromatic nitrogens is 2. The Bertz CT molecular complexity index is 1090. The number of aryl methyl sites for hydroxylation is 3. The Hall–Kier alpha value is -3.12. The zero-order valence-corrected chi connectivity index (χ0v) is 19.7. The van der Waals surface area contributed by atoms with Gasteiger partial charge in [0.05, 0.1) is 11.7 Å². The van der Waals surface area contributed by atoms with Gasteiger partial charge in [-0.1, -0.05) is 24.3 Å². The summed E-state index contributed by atoms with van der Waals surface area (Å²) in [5, 5.41) is 10.6. The average molecular weight is 432 g/mol. The topological polar surface area (TPSA) is 64.3 Å². The van der Waals surface area contributed by atoms with Crippen molar-refractivity contribution in [2.24, 2.45) is 0 Å². The quantitative estimate of drug-likeness (QED) is 0.634.